The average molecular weight is 336 g/mol. The van der Waals surface area contributed by atoms with E-state index in [1.165, 1.54) is 0 Å². The number of rotatable bonds is 0. The van der Waals surface area contributed by atoms with Crippen LogP contribution in [0, 0.1) is 6.92 Å². The van der Waals surface area contributed by atoms with Gasteiger partial charge in [0.25, 0.3) is 0 Å². The second-order valence-corrected chi connectivity index (χ2v) is 3.49. The summed E-state index contributed by atoms with van der Waals surface area (Å²) in [6.45, 7) is 1.81. The zero-order chi connectivity index (χ0) is 10.3. The summed E-state index contributed by atoms with van der Waals surface area (Å²) >= 11 is 3.25. The maximum absolute atomic E-state index is 5.62. The van der Waals surface area contributed by atoms with E-state index in [1.54, 1.807) is 0 Å². The smallest absolute Gasteiger partial charge is 0.224 e. The molecule has 2 aromatic heterocycles. The predicted molar refractivity (Wildman–Crippen MR) is 66.7 cm³/mol. The van der Waals surface area contributed by atoms with Crippen LogP contribution in [0.3, 0.4) is 0 Å². The molecule has 0 saturated heterocycles. The number of nitrogens with zero attached hydrogens (tertiary/aromatic N) is 4. The Kier molecular flexibility index (Phi) is 3.40. The number of aromatic nitrogens is 4. The van der Waals surface area contributed by atoms with Gasteiger partial charge in [-0.15, -0.1) is 17.0 Å². The van der Waals surface area contributed by atoms with E-state index in [4.69, 9.17) is 11.5 Å². The molecule has 0 amide bonds. The summed E-state index contributed by atoms with van der Waals surface area (Å²) in [5, 5.41) is 0. The molecular weight excluding hydrogens is 328 g/mol. The number of fused-ring (bicyclic) bond motifs is 1. The summed E-state index contributed by atoms with van der Waals surface area (Å²) in [6, 6.07) is 0. The number of hydrogen-bond acceptors (Lipinski definition) is 6. The van der Waals surface area contributed by atoms with Gasteiger partial charge in [-0.25, -0.2) is 9.97 Å². The molecule has 0 aromatic carbocycles. The van der Waals surface area contributed by atoms with Gasteiger partial charge in [0.05, 0.1) is 5.69 Å². The standard InChI is InChI=1S/C7H7BrN6.BrH/c1-2-4(8)12-3-5(9)13-7(10)14-6(3)11-2;/h1H3,(H4,9,10,11,13,14);1H. The Morgan fingerprint density at radius 3 is 2.40 bits per heavy atom. The third kappa shape index (κ3) is 2.15. The Morgan fingerprint density at radius 2 is 1.73 bits per heavy atom. The lowest BCUT2D eigenvalue weighted by Gasteiger charge is -2.02. The minimum atomic E-state index is 0. The van der Waals surface area contributed by atoms with Gasteiger partial charge in [-0.2, -0.15) is 9.97 Å². The maximum atomic E-state index is 5.62. The van der Waals surface area contributed by atoms with E-state index in [2.05, 4.69) is 35.9 Å². The van der Waals surface area contributed by atoms with Crippen LogP contribution in [-0.2, 0) is 0 Å². The van der Waals surface area contributed by atoms with Crippen molar-refractivity contribution in [2.45, 2.75) is 6.92 Å². The van der Waals surface area contributed by atoms with Gasteiger partial charge in [0.2, 0.25) is 5.95 Å². The maximum Gasteiger partial charge on any atom is 0.224 e. The second-order valence-electron chi connectivity index (χ2n) is 2.74. The highest BCUT2D eigenvalue weighted by atomic mass is 79.9. The van der Waals surface area contributed by atoms with E-state index in [-0.39, 0.29) is 28.7 Å². The topological polar surface area (TPSA) is 104 Å². The molecule has 0 fully saturated rings. The van der Waals surface area contributed by atoms with Crippen LogP contribution >= 0.6 is 32.9 Å². The summed E-state index contributed by atoms with van der Waals surface area (Å²) in [5.74, 6) is 0.340. The van der Waals surface area contributed by atoms with Crippen LogP contribution < -0.4 is 11.5 Å². The molecule has 0 aliphatic rings. The number of aryl methyl sites for hydroxylation is 1. The van der Waals surface area contributed by atoms with Gasteiger partial charge in [-0.05, 0) is 22.9 Å². The first-order valence-electron chi connectivity index (χ1n) is 3.81. The van der Waals surface area contributed by atoms with Gasteiger partial charge in [-0.3, -0.25) is 0 Å². The Bertz CT molecular complexity index is 514. The van der Waals surface area contributed by atoms with Crippen molar-refractivity contribution >= 4 is 55.8 Å². The molecule has 2 heterocycles. The highest BCUT2D eigenvalue weighted by Crippen LogP contribution is 2.19. The summed E-state index contributed by atoms with van der Waals surface area (Å²) in [6.07, 6.45) is 0. The van der Waals surface area contributed by atoms with Crippen LogP contribution in [0.15, 0.2) is 4.60 Å². The molecule has 0 aliphatic carbocycles. The molecule has 0 radical (unpaired) electrons. The molecular formula is C7H8Br2N6. The molecule has 0 atom stereocenters. The lowest BCUT2D eigenvalue weighted by Crippen LogP contribution is -2.04. The number of hydrogen-bond donors (Lipinski definition) is 2. The third-order valence-electron chi connectivity index (χ3n) is 1.69. The van der Waals surface area contributed by atoms with Crippen molar-refractivity contribution in [2.24, 2.45) is 0 Å². The van der Waals surface area contributed by atoms with Crippen LogP contribution in [-0.4, -0.2) is 19.9 Å². The van der Waals surface area contributed by atoms with Crippen molar-refractivity contribution in [3.8, 4) is 0 Å². The van der Waals surface area contributed by atoms with Gasteiger partial charge in [-0.1, -0.05) is 0 Å². The molecule has 4 N–H and O–H groups in total. The highest BCUT2D eigenvalue weighted by molar-refractivity contribution is 9.10. The fourth-order valence-corrected chi connectivity index (χ4v) is 1.31. The monoisotopic (exact) mass is 334 g/mol. The van der Waals surface area contributed by atoms with Crippen LogP contribution in [0.25, 0.3) is 11.2 Å². The minimum absolute atomic E-state index is 0. The molecule has 2 rings (SSSR count). The molecule has 6 nitrogen and oxygen atoms in total. The molecule has 15 heavy (non-hydrogen) atoms. The Hall–Kier alpha value is -1.02. The average Bonchev–Trinajstić information content (AvgIpc) is 2.08. The second kappa shape index (κ2) is 4.23. The van der Waals surface area contributed by atoms with Crippen LogP contribution in [0.1, 0.15) is 5.69 Å². The lowest BCUT2D eigenvalue weighted by atomic mass is 10.4. The van der Waals surface area contributed by atoms with Gasteiger partial charge >= 0.3 is 0 Å². The Balaban J connectivity index is 0.00000112. The van der Waals surface area contributed by atoms with E-state index in [9.17, 15) is 0 Å². The molecule has 0 bridgehead atoms. The lowest BCUT2D eigenvalue weighted by molar-refractivity contribution is 1.10. The molecule has 8 heteroatoms. The zero-order valence-corrected chi connectivity index (χ0v) is 11.0. The number of anilines is 2. The van der Waals surface area contributed by atoms with Gasteiger partial charge < -0.3 is 11.5 Å². The van der Waals surface area contributed by atoms with Crippen molar-refractivity contribution in [3.05, 3.63) is 10.3 Å². The highest BCUT2D eigenvalue weighted by Gasteiger charge is 2.08. The van der Waals surface area contributed by atoms with E-state index in [1.807, 2.05) is 6.92 Å². The van der Waals surface area contributed by atoms with E-state index >= 15 is 0 Å². The van der Waals surface area contributed by atoms with Gasteiger partial charge in [0.15, 0.2) is 17.0 Å². The number of halogens is 2. The van der Waals surface area contributed by atoms with E-state index in [0.717, 1.165) is 5.69 Å². The predicted octanol–water partition coefficient (Wildman–Crippen LogP) is 1.23. The van der Waals surface area contributed by atoms with Crippen molar-refractivity contribution in [2.75, 3.05) is 11.5 Å². The summed E-state index contributed by atoms with van der Waals surface area (Å²) in [5.41, 5.74) is 12.7. The SMILES string of the molecule is Br.Cc1nc2nc(N)nc(N)c2nc1Br. The van der Waals surface area contributed by atoms with Crippen LogP contribution in [0.5, 0.6) is 0 Å². The quantitative estimate of drug-likeness (QED) is 0.750. The number of nitrogens with two attached hydrogens (primary N) is 2. The summed E-state index contributed by atoms with van der Waals surface area (Å²) < 4.78 is 0.630. The molecule has 0 spiro atoms. The van der Waals surface area contributed by atoms with Crippen molar-refractivity contribution in [1.82, 2.24) is 19.9 Å². The fourth-order valence-electron chi connectivity index (χ4n) is 1.05. The summed E-state index contributed by atoms with van der Waals surface area (Å²) in [4.78, 5) is 16.1. The van der Waals surface area contributed by atoms with E-state index in [0.29, 0.717) is 15.8 Å². The molecule has 0 saturated carbocycles. The molecule has 80 valence electrons. The largest absolute Gasteiger partial charge is 0.382 e. The molecule has 2 aromatic rings. The summed E-state index contributed by atoms with van der Waals surface area (Å²) in [7, 11) is 0. The first kappa shape index (κ1) is 12.1. The molecule has 0 aliphatic heterocycles. The Morgan fingerprint density at radius 1 is 1.07 bits per heavy atom. The Labute approximate surface area is 104 Å². The fraction of sp³-hybridized carbons (Fsp3) is 0.143. The van der Waals surface area contributed by atoms with Gasteiger partial charge in [0, 0.05) is 0 Å². The normalized spacial score (nSPS) is 10.0. The third-order valence-corrected chi connectivity index (χ3v) is 2.44. The van der Waals surface area contributed by atoms with Crippen molar-refractivity contribution < 1.29 is 0 Å². The van der Waals surface area contributed by atoms with Crippen LogP contribution in [0.2, 0.25) is 0 Å². The number of nitrogen functional groups attached to an aromatic ring is 2. The van der Waals surface area contributed by atoms with Crippen molar-refractivity contribution in [3.63, 3.8) is 0 Å². The van der Waals surface area contributed by atoms with Gasteiger partial charge in [0.1, 0.15) is 4.60 Å². The first-order valence-corrected chi connectivity index (χ1v) is 4.60. The minimum Gasteiger partial charge on any atom is -0.382 e. The van der Waals surface area contributed by atoms with E-state index < -0.39 is 0 Å². The molecule has 0 unspecified atom stereocenters. The zero-order valence-electron chi connectivity index (χ0n) is 7.73. The first-order chi connectivity index (χ1) is 6.58. The van der Waals surface area contributed by atoms with Crippen molar-refractivity contribution in [1.29, 1.82) is 0 Å². The van der Waals surface area contributed by atoms with Crippen LogP contribution in [0.4, 0.5) is 11.8 Å².